The van der Waals surface area contributed by atoms with Crippen molar-refractivity contribution in [3.63, 3.8) is 0 Å². The smallest absolute Gasteiger partial charge is 0.189 e. The molecule has 3 rings (SSSR count). The van der Waals surface area contributed by atoms with Crippen molar-refractivity contribution >= 4 is 28.5 Å². The highest BCUT2D eigenvalue weighted by Gasteiger charge is 2.22. The van der Waals surface area contributed by atoms with E-state index in [1.165, 1.54) is 24.5 Å². The van der Waals surface area contributed by atoms with Gasteiger partial charge in [-0.1, -0.05) is 48.2 Å². The fourth-order valence-electron chi connectivity index (χ4n) is 2.66. The van der Waals surface area contributed by atoms with Crippen molar-refractivity contribution in [2.24, 2.45) is 5.92 Å². The second-order valence-electron chi connectivity index (χ2n) is 7.11. The standard InChI is InChI=1S/C23H27N3O2S/c1-17(24-15-19-7-5-4-6-8-19)22-18(2)25-23(29-22)26(3)13-11-21(12-14-27)28-16-20-9-10-20/h4-8,11-14,20,24H,1,9-10,15-16H2,2-3H3/b13-11-,21-12+. The van der Waals surface area contributed by atoms with Gasteiger partial charge in [0.25, 0.3) is 0 Å². The molecule has 0 saturated heterocycles. The van der Waals surface area contributed by atoms with Gasteiger partial charge >= 0.3 is 0 Å². The number of anilines is 1. The quantitative estimate of drug-likeness (QED) is 0.253. The van der Waals surface area contributed by atoms with Crippen LogP contribution in [0.4, 0.5) is 5.13 Å². The molecule has 5 nitrogen and oxygen atoms in total. The minimum absolute atomic E-state index is 0.571. The summed E-state index contributed by atoms with van der Waals surface area (Å²) in [5, 5.41) is 4.23. The van der Waals surface area contributed by atoms with Gasteiger partial charge < -0.3 is 15.0 Å². The van der Waals surface area contributed by atoms with Crippen molar-refractivity contribution in [2.75, 3.05) is 18.6 Å². The summed E-state index contributed by atoms with van der Waals surface area (Å²) in [7, 11) is 1.93. The Balaban J connectivity index is 1.60. The number of aldehydes is 1. The molecule has 1 aromatic carbocycles. The molecule has 0 radical (unpaired) electrons. The topological polar surface area (TPSA) is 54.5 Å². The van der Waals surface area contributed by atoms with Gasteiger partial charge in [0.2, 0.25) is 0 Å². The number of rotatable bonds is 11. The summed E-state index contributed by atoms with van der Waals surface area (Å²) in [6.45, 7) is 7.55. The number of nitrogens with zero attached hydrogens (tertiary/aromatic N) is 2. The van der Waals surface area contributed by atoms with E-state index in [1.807, 2.05) is 43.3 Å². The second kappa shape index (κ2) is 10.1. The van der Waals surface area contributed by atoms with E-state index >= 15 is 0 Å². The highest BCUT2D eigenvalue weighted by atomic mass is 32.1. The highest BCUT2D eigenvalue weighted by molar-refractivity contribution is 7.16. The van der Waals surface area contributed by atoms with Crippen LogP contribution >= 0.6 is 11.3 Å². The first-order chi connectivity index (χ1) is 14.1. The van der Waals surface area contributed by atoms with Gasteiger partial charge in [0.05, 0.1) is 17.2 Å². The third kappa shape index (κ3) is 6.32. The molecular weight excluding hydrogens is 382 g/mol. The molecule has 0 aliphatic heterocycles. The van der Waals surface area contributed by atoms with Crippen molar-refractivity contribution in [2.45, 2.75) is 26.3 Å². The predicted octanol–water partition coefficient (Wildman–Crippen LogP) is 4.67. The number of hydrogen-bond donors (Lipinski definition) is 1. The molecule has 1 aromatic heterocycles. The maximum absolute atomic E-state index is 10.8. The van der Waals surface area contributed by atoms with Crippen molar-refractivity contribution in [3.8, 4) is 0 Å². The number of nitrogens with one attached hydrogen (secondary N) is 1. The number of hydrogen-bond acceptors (Lipinski definition) is 6. The Labute approximate surface area is 176 Å². The monoisotopic (exact) mass is 409 g/mol. The average Bonchev–Trinajstić information content (AvgIpc) is 3.48. The van der Waals surface area contributed by atoms with E-state index in [9.17, 15) is 4.79 Å². The number of ether oxygens (including phenoxy) is 1. The summed E-state index contributed by atoms with van der Waals surface area (Å²) in [4.78, 5) is 18.5. The fraction of sp³-hybridized carbons (Fsp3) is 0.304. The Morgan fingerprint density at radius 1 is 1.38 bits per heavy atom. The molecule has 0 spiro atoms. The minimum Gasteiger partial charge on any atom is -0.493 e. The van der Waals surface area contributed by atoms with Gasteiger partial charge in [-0.15, -0.1) is 0 Å². The van der Waals surface area contributed by atoms with Crippen LogP contribution in [0.25, 0.3) is 5.70 Å². The maximum atomic E-state index is 10.8. The van der Waals surface area contributed by atoms with Gasteiger partial charge in [0.15, 0.2) is 5.13 Å². The van der Waals surface area contributed by atoms with Crippen LogP contribution in [-0.2, 0) is 16.1 Å². The van der Waals surface area contributed by atoms with Gasteiger partial charge in [0.1, 0.15) is 12.0 Å². The van der Waals surface area contributed by atoms with E-state index in [4.69, 9.17) is 4.74 Å². The number of allylic oxidation sites excluding steroid dienone is 2. The van der Waals surface area contributed by atoms with Crippen LogP contribution in [0.5, 0.6) is 0 Å². The Morgan fingerprint density at radius 3 is 2.83 bits per heavy atom. The minimum atomic E-state index is 0.571. The van der Waals surface area contributed by atoms with E-state index in [0.717, 1.165) is 34.2 Å². The van der Waals surface area contributed by atoms with Crippen LogP contribution in [0.2, 0.25) is 0 Å². The molecule has 1 fully saturated rings. The van der Waals surface area contributed by atoms with Gasteiger partial charge in [-0.2, -0.15) is 0 Å². The van der Waals surface area contributed by atoms with Crippen molar-refractivity contribution in [1.29, 1.82) is 0 Å². The summed E-state index contributed by atoms with van der Waals surface area (Å²) < 4.78 is 5.71. The van der Waals surface area contributed by atoms with Crippen molar-refractivity contribution in [1.82, 2.24) is 10.3 Å². The first kappa shape index (κ1) is 20.9. The molecule has 0 atom stereocenters. The number of benzene rings is 1. The van der Waals surface area contributed by atoms with Crippen molar-refractivity contribution in [3.05, 3.63) is 77.2 Å². The zero-order valence-corrected chi connectivity index (χ0v) is 17.7. The lowest BCUT2D eigenvalue weighted by molar-refractivity contribution is -0.104. The van der Waals surface area contributed by atoms with E-state index in [-0.39, 0.29) is 0 Å². The summed E-state index contributed by atoms with van der Waals surface area (Å²) >= 11 is 1.58. The Morgan fingerprint density at radius 2 is 2.14 bits per heavy atom. The summed E-state index contributed by atoms with van der Waals surface area (Å²) in [5.74, 6) is 1.20. The molecule has 1 N–H and O–H groups in total. The molecule has 2 aromatic rings. The third-order valence-electron chi connectivity index (χ3n) is 4.59. The lowest BCUT2D eigenvalue weighted by Gasteiger charge is -2.11. The van der Waals surface area contributed by atoms with Gasteiger partial charge in [-0.3, -0.25) is 4.79 Å². The summed E-state index contributed by atoms with van der Waals surface area (Å²) in [5.41, 5.74) is 3.00. The van der Waals surface area contributed by atoms with Crippen molar-refractivity contribution < 1.29 is 9.53 Å². The molecule has 0 bridgehead atoms. The third-order valence-corrected chi connectivity index (χ3v) is 5.89. The SMILES string of the molecule is C=C(NCc1ccccc1)c1sc(N(C)/C=C\C(=C/C=O)OCC2CC2)nc1C. The number of aromatic nitrogens is 1. The molecule has 29 heavy (non-hydrogen) atoms. The number of carbonyl (C=O) groups is 1. The molecule has 0 amide bonds. The molecule has 152 valence electrons. The van der Waals surface area contributed by atoms with Crippen LogP contribution in [-0.4, -0.2) is 24.9 Å². The maximum Gasteiger partial charge on any atom is 0.189 e. The van der Waals surface area contributed by atoms with E-state index in [2.05, 4.69) is 29.0 Å². The number of thiazole rings is 1. The Hall–Kier alpha value is -2.86. The summed E-state index contributed by atoms with van der Waals surface area (Å²) in [6, 6.07) is 10.2. The molecular formula is C23H27N3O2S. The fourth-order valence-corrected chi connectivity index (χ4v) is 3.62. The lowest BCUT2D eigenvalue weighted by atomic mass is 10.2. The van der Waals surface area contributed by atoms with Crippen LogP contribution < -0.4 is 10.2 Å². The molecule has 0 unspecified atom stereocenters. The zero-order valence-electron chi connectivity index (χ0n) is 16.9. The van der Waals surface area contributed by atoms with Crippen LogP contribution in [0.1, 0.15) is 29.0 Å². The number of carbonyl (C=O) groups excluding carboxylic acids is 1. The van der Waals surface area contributed by atoms with E-state index in [1.54, 1.807) is 17.4 Å². The Bertz CT molecular complexity index is 898. The Kier molecular flexibility index (Phi) is 7.25. The average molecular weight is 410 g/mol. The highest BCUT2D eigenvalue weighted by Crippen LogP contribution is 2.31. The van der Waals surface area contributed by atoms with Crippen LogP contribution in [0, 0.1) is 12.8 Å². The first-order valence-electron chi connectivity index (χ1n) is 9.70. The molecule has 1 aliphatic rings. The van der Waals surface area contributed by atoms with Crippen LogP contribution in [0.15, 0.2) is 61.0 Å². The largest absolute Gasteiger partial charge is 0.493 e. The van der Waals surface area contributed by atoms with Gasteiger partial charge in [-0.05, 0) is 37.3 Å². The van der Waals surface area contributed by atoms with E-state index in [0.29, 0.717) is 18.3 Å². The predicted molar refractivity (Wildman–Crippen MR) is 120 cm³/mol. The van der Waals surface area contributed by atoms with Crippen LogP contribution in [0.3, 0.4) is 0 Å². The molecule has 1 heterocycles. The molecule has 6 heteroatoms. The zero-order chi connectivity index (χ0) is 20.6. The summed E-state index contributed by atoms with van der Waals surface area (Å²) in [6.07, 6.45) is 8.28. The normalized spacial score (nSPS) is 14.1. The first-order valence-corrected chi connectivity index (χ1v) is 10.5. The lowest BCUT2D eigenvalue weighted by Crippen LogP contribution is -2.10. The molecule has 1 saturated carbocycles. The van der Waals surface area contributed by atoms with Gasteiger partial charge in [0, 0.05) is 31.6 Å². The van der Waals surface area contributed by atoms with E-state index < -0.39 is 0 Å². The number of aryl methyl sites for hydroxylation is 1. The van der Waals surface area contributed by atoms with Gasteiger partial charge in [-0.25, -0.2) is 4.98 Å². The second-order valence-corrected chi connectivity index (χ2v) is 8.09. The molecule has 1 aliphatic carbocycles.